The summed E-state index contributed by atoms with van der Waals surface area (Å²) in [5.41, 5.74) is 0. The van der Waals surface area contributed by atoms with Gasteiger partial charge in [0.05, 0.1) is 5.92 Å². The Labute approximate surface area is 105 Å². The van der Waals surface area contributed by atoms with Crippen molar-refractivity contribution in [1.29, 1.82) is 0 Å². The van der Waals surface area contributed by atoms with Crippen LogP contribution in [-0.4, -0.2) is 27.8 Å². The predicted molar refractivity (Wildman–Crippen MR) is 67.8 cm³/mol. The molecule has 0 radical (unpaired) electrons. The first-order valence-corrected chi connectivity index (χ1v) is 7.14. The van der Waals surface area contributed by atoms with Gasteiger partial charge in [0.2, 0.25) is 5.91 Å². The van der Waals surface area contributed by atoms with Crippen molar-refractivity contribution in [3.8, 4) is 0 Å². The molecule has 0 aromatic rings. The summed E-state index contributed by atoms with van der Waals surface area (Å²) in [7, 11) is 0. The lowest BCUT2D eigenvalue weighted by Crippen LogP contribution is -2.35. The minimum absolute atomic E-state index is 0.00556. The maximum atomic E-state index is 11.6. The van der Waals surface area contributed by atoms with E-state index in [9.17, 15) is 4.79 Å². The Morgan fingerprint density at radius 1 is 1.67 bits per heavy atom. The van der Waals surface area contributed by atoms with Gasteiger partial charge in [-0.1, -0.05) is 6.92 Å². The molecule has 0 spiro atoms. The Balaban J connectivity index is 2.15. The first kappa shape index (κ1) is 13.5. The number of rotatable bonds is 6. The van der Waals surface area contributed by atoms with Gasteiger partial charge in [0.25, 0.3) is 0 Å². The zero-order chi connectivity index (χ0) is 11.5. The Morgan fingerprint density at radius 3 is 2.73 bits per heavy atom. The second-order valence-corrected chi connectivity index (χ2v) is 6.85. The second kappa shape index (κ2) is 5.65. The molecule has 0 unspecified atom stereocenters. The molecule has 5 heteroatoms. The molecule has 0 aliphatic heterocycles. The normalized spacial score (nSPS) is 24.7. The van der Waals surface area contributed by atoms with E-state index in [0.717, 1.165) is 17.9 Å². The van der Waals surface area contributed by atoms with E-state index in [1.54, 1.807) is 0 Å². The molecule has 0 aromatic heterocycles. The lowest BCUT2D eigenvalue weighted by atomic mass is 10.2. The van der Waals surface area contributed by atoms with Crippen LogP contribution in [0.5, 0.6) is 0 Å². The summed E-state index contributed by atoms with van der Waals surface area (Å²) in [6, 6.07) is 0.210. The van der Waals surface area contributed by atoms with E-state index in [4.69, 9.17) is 23.2 Å². The van der Waals surface area contributed by atoms with Gasteiger partial charge in [-0.25, -0.2) is 0 Å². The fourth-order valence-electron chi connectivity index (χ4n) is 1.32. The van der Waals surface area contributed by atoms with Crippen molar-refractivity contribution in [3.05, 3.63) is 0 Å². The number of nitrogens with one attached hydrogen (secondary N) is 1. The van der Waals surface area contributed by atoms with Gasteiger partial charge in [-0.15, -0.1) is 23.2 Å². The monoisotopic (exact) mass is 269 g/mol. The number of carbonyl (C=O) groups excluding carboxylic acids is 1. The maximum absolute atomic E-state index is 11.6. The molecule has 15 heavy (non-hydrogen) atoms. The van der Waals surface area contributed by atoms with Crippen molar-refractivity contribution < 1.29 is 4.79 Å². The average Bonchev–Trinajstić information content (AvgIpc) is 2.76. The third-order valence-corrected chi connectivity index (χ3v) is 4.20. The van der Waals surface area contributed by atoms with Crippen molar-refractivity contribution in [2.75, 3.05) is 11.5 Å². The van der Waals surface area contributed by atoms with Gasteiger partial charge < -0.3 is 5.32 Å². The van der Waals surface area contributed by atoms with Crippen LogP contribution >= 0.6 is 35.0 Å². The number of halogens is 2. The number of carbonyl (C=O) groups is 1. The van der Waals surface area contributed by atoms with E-state index in [2.05, 4.69) is 12.2 Å². The molecular formula is C10H17Cl2NOS. The third-order valence-electron chi connectivity index (χ3n) is 2.43. The lowest BCUT2D eigenvalue weighted by molar-refractivity contribution is -0.122. The highest BCUT2D eigenvalue weighted by atomic mass is 35.5. The van der Waals surface area contributed by atoms with E-state index in [-0.39, 0.29) is 17.9 Å². The number of alkyl halides is 2. The van der Waals surface area contributed by atoms with E-state index >= 15 is 0 Å². The highest BCUT2D eigenvalue weighted by Crippen LogP contribution is 2.53. The van der Waals surface area contributed by atoms with E-state index in [0.29, 0.717) is 6.42 Å². The third kappa shape index (κ3) is 4.41. The summed E-state index contributed by atoms with van der Waals surface area (Å²) in [5, 5.41) is 2.94. The van der Waals surface area contributed by atoms with Crippen LogP contribution < -0.4 is 5.32 Å². The minimum atomic E-state index is -0.804. The molecule has 1 saturated carbocycles. The zero-order valence-corrected chi connectivity index (χ0v) is 11.4. The second-order valence-electron chi connectivity index (χ2n) is 3.91. The SMILES string of the molecule is CCSCC[C@H](C)NC(=O)[C@H]1CC1(Cl)Cl. The predicted octanol–water partition coefficient (Wildman–Crippen LogP) is 2.83. The number of hydrogen-bond donors (Lipinski definition) is 1. The van der Waals surface area contributed by atoms with Gasteiger partial charge in [0.1, 0.15) is 4.33 Å². The van der Waals surface area contributed by atoms with Crippen LogP contribution in [-0.2, 0) is 4.79 Å². The molecule has 1 aliphatic rings. The Hall–Kier alpha value is 0.400. The summed E-state index contributed by atoms with van der Waals surface area (Å²) in [5.74, 6) is 1.99. The Morgan fingerprint density at radius 2 is 2.27 bits per heavy atom. The highest BCUT2D eigenvalue weighted by molar-refractivity contribution is 7.99. The lowest BCUT2D eigenvalue weighted by Gasteiger charge is -2.13. The maximum Gasteiger partial charge on any atom is 0.226 e. The molecule has 88 valence electrons. The van der Waals surface area contributed by atoms with Crippen molar-refractivity contribution in [3.63, 3.8) is 0 Å². The van der Waals surface area contributed by atoms with Gasteiger partial charge >= 0.3 is 0 Å². The van der Waals surface area contributed by atoms with Crippen LogP contribution in [0, 0.1) is 5.92 Å². The Bertz CT molecular complexity index is 235. The Kier molecular flexibility index (Phi) is 5.07. The molecule has 0 aromatic carbocycles. The van der Waals surface area contributed by atoms with Crippen LogP contribution in [0.25, 0.3) is 0 Å². The van der Waals surface area contributed by atoms with Gasteiger partial charge in [-0.3, -0.25) is 4.79 Å². The van der Waals surface area contributed by atoms with Crippen molar-refractivity contribution in [2.24, 2.45) is 5.92 Å². The van der Waals surface area contributed by atoms with E-state index in [1.807, 2.05) is 18.7 Å². The van der Waals surface area contributed by atoms with Gasteiger partial charge in [0.15, 0.2) is 0 Å². The first-order chi connectivity index (χ1) is 6.97. The molecule has 2 nitrogen and oxygen atoms in total. The van der Waals surface area contributed by atoms with Crippen LogP contribution in [0.4, 0.5) is 0 Å². The summed E-state index contributed by atoms with van der Waals surface area (Å²) in [6.07, 6.45) is 1.58. The summed E-state index contributed by atoms with van der Waals surface area (Å²) < 4.78 is -0.804. The molecule has 2 atom stereocenters. The molecule has 0 heterocycles. The molecule has 1 rings (SSSR count). The van der Waals surface area contributed by atoms with Crippen LogP contribution in [0.2, 0.25) is 0 Å². The van der Waals surface area contributed by atoms with Crippen molar-refractivity contribution >= 4 is 40.9 Å². The topological polar surface area (TPSA) is 29.1 Å². The molecular weight excluding hydrogens is 253 g/mol. The highest BCUT2D eigenvalue weighted by Gasteiger charge is 2.56. The molecule has 0 saturated heterocycles. The summed E-state index contributed by atoms with van der Waals surface area (Å²) >= 11 is 13.5. The van der Waals surface area contributed by atoms with Crippen LogP contribution in [0.1, 0.15) is 26.7 Å². The summed E-state index contributed by atoms with van der Waals surface area (Å²) in [4.78, 5) is 11.6. The quantitative estimate of drug-likeness (QED) is 0.594. The van der Waals surface area contributed by atoms with Gasteiger partial charge in [0, 0.05) is 6.04 Å². The molecule has 1 amide bonds. The fraction of sp³-hybridized carbons (Fsp3) is 0.900. The number of hydrogen-bond acceptors (Lipinski definition) is 2. The van der Waals surface area contributed by atoms with Gasteiger partial charge in [-0.05, 0) is 31.3 Å². The number of amides is 1. The molecule has 1 fully saturated rings. The molecule has 1 N–H and O–H groups in total. The average molecular weight is 270 g/mol. The minimum Gasteiger partial charge on any atom is -0.353 e. The van der Waals surface area contributed by atoms with Crippen LogP contribution in [0.15, 0.2) is 0 Å². The smallest absolute Gasteiger partial charge is 0.226 e. The molecule has 0 bridgehead atoms. The standard InChI is InChI=1S/C10H17Cl2NOS/c1-3-15-5-4-7(2)13-9(14)8-6-10(8,11)12/h7-8H,3-6H2,1-2H3,(H,13,14)/t7-,8+/m0/s1. The van der Waals surface area contributed by atoms with E-state index < -0.39 is 4.33 Å². The van der Waals surface area contributed by atoms with Crippen LogP contribution in [0.3, 0.4) is 0 Å². The summed E-state index contributed by atoms with van der Waals surface area (Å²) in [6.45, 7) is 4.15. The fourth-order valence-corrected chi connectivity index (χ4v) is 2.63. The number of thioether (sulfide) groups is 1. The largest absolute Gasteiger partial charge is 0.353 e. The van der Waals surface area contributed by atoms with E-state index in [1.165, 1.54) is 0 Å². The van der Waals surface area contributed by atoms with Gasteiger partial charge in [-0.2, -0.15) is 11.8 Å². The van der Waals surface area contributed by atoms with Crippen molar-refractivity contribution in [2.45, 2.75) is 37.1 Å². The first-order valence-electron chi connectivity index (χ1n) is 5.23. The molecule has 1 aliphatic carbocycles. The van der Waals surface area contributed by atoms with Crippen molar-refractivity contribution in [1.82, 2.24) is 5.32 Å². The zero-order valence-electron chi connectivity index (χ0n) is 9.06.